The molecule has 1 saturated heterocycles. The van der Waals surface area contributed by atoms with Gasteiger partial charge in [-0.05, 0) is 18.2 Å². The Morgan fingerprint density at radius 1 is 1.00 bits per heavy atom. The van der Waals surface area contributed by atoms with Crippen molar-refractivity contribution >= 4 is 40.0 Å². The van der Waals surface area contributed by atoms with Crippen molar-refractivity contribution in [3.05, 3.63) is 62.3 Å². The van der Waals surface area contributed by atoms with Crippen molar-refractivity contribution in [3.8, 4) is 11.5 Å². The predicted molar refractivity (Wildman–Crippen MR) is 133 cm³/mol. The van der Waals surface area contributed by atoms with Gasteiger partial charge in [0.2, 0.25) is 11.8 Å². The van der Waals surface area contributed by atoms with Gasteiger partial charge in [0, 0.05) is 19.2 Å². The molecule has 0 radical (unpaired) electrons. The summed E-state index contributed by atoms with van der Waals surface area (Å²) in [5.74, 6) is -0.262. The minimum Gasteiger partial charge on any atom is -0.495 e. The Morgan fingerprint density at radius 2 is 1.69 bits per heavy atom. The SMILES string of the molecule is COc1cc(OC)c(NC(=O)Cn2c(=O)n(CC(=O)N3CCOCC3)c(=O)c3ccccc32)cc1Cl. The third kappa shape index (κ3) is 5.07. The summed E-state index contributed by atoms with van der Waals surface area (Å²) in [7, 11) is 2.88. The number of hydrogen-bond acceptors (Lipinski definition) is 7. The van der Waals surface area contributed by atoms with Crippen LogP contribution in [-0.4, -0.2) is 66.4 Å². The molecule has 0 atom stereocenters. The molecule has 0 aliphatic carbocycles. The minimum absolute atomic E-state index is 0.213. The second-order valence-electron chi connectivity index (χ2n) is 8.01. The molecule has 11 nitrogen and oxygen atoms in total. The molecule has 12 heteroatoms. The zero-order valence-electron chi connectivity index (χ0n) is 19.8. The second-order valence-corrected chi connectivity index (χ2v) is 8.41. The highest BCUT2D eigenvalue weighted by Crippen LogP contribution is 2.35. The molecule has 2 aromatic carbocycles. The van der Waals surface area contributed by atoms with Gasteiger partial charge in [0.25, 0.3) is 5.56 Å². The molecule has 0 bridgehead atoms. The van der Waals surface area contributed by atoms with E-state index in [0.717, 1.165) is 9.13 Å². The van der Waals surface area contributed by atoms with E-state index >= 15 is 0 Å². The number of nitrogens with zero attached hydrogens (tertiary/aromatic N) is 3. The number of carbonyl (C=O) groups is 2. The summed E-state index contributed by atoms with van der Waals surface area (Å²) < 4.78 is 17.8. The smallest absolute Gasteiger partial charge is 0.332 e. The summed E-state index contributed by atoms with van der Waals surface area (Å²) in [5.41, 5.74) is -0.813. The molecular formula is C24H25ClN4O7. The maximum absolute atomic E-state index is 13.4. The fraction of sp³-hybridized carbons (Fsp3) is 0.333. The van der Waals surface area contributed by atoms with Gasteiger partial charge in [-0.1, -0.05) is 23.7 Å². The average molecular weight is 517 g/mol. The molecule has 4 rings (SSSR count). The van der Waals surface area contributed by atoms with Gasteiger partial charge in [-0.25, -0.2) is 4.79 Å². The molecule has 1 fully saturated rings. The zero-order chi connectivity index (χ0) is 25.8. The van der Waals surface area contributed by atoms with Gasteiger partial charge in [-0.3, -0.25) is 23.5 Å². The molecule has 0 spiro atoms. The first-order valence-corrected chi connectivity index (χ1v) is 11.5. The quantitative estimate of drug-likeness (QED) is 0.503. The first-order chi connectivity index (χ1) is 17.3. The number of benzene rings is 2. The van der Waals surface area contributed by atoms with Crippen LogP contribution in [0.25, 0.3) is 10.9 Å². The molecule has 2 heterocycles. The molecule has 0 saturated carbocycles. The number of rotatable bonds is 7. The molecule has 1 aliphatic heterocycles. The lowest BCUT2D eigenvalue weighted by atomic mass is 10.2. The van der Waals surface area contributed by atoms with Crippen LogP contribution in [0.3, 0.4) is 0 Å². The van der Waals surface area contributed by atoms with Crippen molar-refractivity contribution in [3.63, 3.8) is 0 Å². The number of amides is 2. The van der Waals surface area contributed by atoms with Crippen LogP contribution in [0, 0.1) is 0 Å². The summed E-state index contributed by atoms with van der Waals surface area (Å²) in [4.78, 5) is 53.8. The maximum atomic E-state index is 13.4. The molecule has 3 aromatic rings. The summed E-state index contributed by atoms with van der Waals surface area (Å²) in [6.07, 6.45) is 0. The van der Waals surface area contributed by atoms with Crippen LogP contribution in [0.1, 0.15) is 0 Å². The fourth-order valence-electron chi connectivity index (χ4n) is 4.00. The van der Waals surface area contributed by atoms with Crippen LogP contribution in [-0.2, 0) is 27.4 Å². The summed E-state index contributed by atoms with van der Waals surface area (Å²) in [6, 6.07) is 9.43. The molecule has 1 N–H and O–H groups in total. The average Bonchev–Trinajstić information content (AvgIpc) is 2.89. The third-order valence-electron chi connectivity index (χ3n) is 5.84. The monoisotopic (exact) mass is 516 g/mol. The number of anilines is 1. The number of fused-ring (bicyclic) bond motifs is 1. The number of halogens is 1. The van der Waals surface area contributed by atoms with Gasteiger partial charge in [0.1, 0.15) is 24.6 Å². The Morgan fingerprint density at radius 3 is 2.39 bits per heavy atom. The van der Waals surface area contributed by atoms with E-state index in [4.69, 9.17) is 25.8 Å². The maximum Gasteiger partial charge on any atom is 0.332 e. The van der Waals surface area contributed by atoms with Crippen LogP contribution in [0.2, 0.25) is 5.02 Å². The van der Waals surface area contributed by atoms with E-state index in [1.165, 1.54) is 26.4 Å². The predicted octanol–water partition coefficient (Wildman–Crippen LogP) is 1.33. The minimum atomic E-state index is -0.768. The lowest BCUT2D eigenvalue weighted by Crippen LogP contribution is -2.48. The van der Waals surface area contributed by atoms with Crippen LogP contribution >= 0.6 is 11.6 Å². The van der Waals surface area contributed by atoms with Gasteiger partial charge in [0.05, 0.1) is 49.0 Å². The van der Waals surface area contributed by atoms with Crippen molar-refractivity contribution in [1.29, 1.82) is 0 Å². The third-order valence-corrected chi connectivity index (χ3v) is 6.13. The highest BCUT2D eigenvalue weighted by atomic mass is 35.5. The number of nitrogens with one attached hydrogen (secondary N) is 1. The Bertz CT molecular complexity index is 1430. The number of hydrogen-bond donors (Lipinski definition) is 1. The van der Waals surface area contributed by atoms with Crippen molar-refractivity contribution in [2.75, 3.05) is 45.8 Å². The topological polar surface area (TPSA) is 121 Å². The Labute approximate surface area is 210 Å². The zero-order valence-corrected chi connectivity index (χ0v) is 20.5. The van der Waals surface area contributed by atoms with Crippen molar-refractivity contribution < 1.29 is 23.8 Å². The molecule has 1 aromatic heterocycles. The number of aromatic nitrogens is 2. The van der Waals surface area contributed by atoms with E-state index in [-0.39, 0.29) is 27.5 Å². The van der Waals surface area contributed by atoms with Gasteiger partial charge in [-0.15, -0.1) is 0 Å². The van der Waals surface area contributed by atoms with Crippen molar-refractivity contribution in [2.45, 2.75) is 13.1 Å². The first kappa shape index (κ1) is 25.3. The molecule has 190 valence electrons. The van der Waals surface area contributed by atoms with Crippen molar-refractivity contribution in [2.24, 2.45) is 0 Å². The standard InChI is InChI=1S/C24H25ClN4O7/c1-34-19-12-20(35-2)17(11-16(19)25)26-21(30)13-28-18-6-4-3-5-15(18)23(32)29(24(28)33)14-22(31)27-7-9-36-10-8-27/h3-6,11-12H,7-10,13-14H2,1-2H3,(H,26,30). The van der Waals surface area contributed by atoms with Crippen LogP contribution in [0.4, 0.5) is 5.69 Å². The summed E-state index contributed by atoms with van der Waals surface area (Å²) in [6.45, 7) is 0.682. The van der Waals surface area contributed by atoms with Crippen LogP contribution in [0.5, 0.6) is 11.5 Å². The number of morpholine rings is 1. The number of methoxy groups -OCH3 is 2. The van der Waals surface area contributed by atoms with Gasteiger partial charge in [-0.2, -0.15) is 0 Å². The van der Waals surface area contributed by atoms with Gasteiger partial charge in [0.15, 0.2) is 0 Å². The van der Waals surface area contributed by atoms with E-state index in [2.05, 4.69) is 5.32 Å². The molecule has 36 heavy (non-hydrogen) atoms. The summed E-state index contributed by atoms with van der Waals surface area (Å²) in [5, 5.41) is 3.15. The van der Waals surface area contributed by atoms with Gasteiger partial charge >= 0.3 is 5.69 Å². The van der Waals surface area contributed by atoms with E-state index in [1.807, 2.05) is 0 Å². The largest absolute Gasteiger partial charge is 0.495 e. The Balaban J connectivity index is 1.68. The van der Waals surface area contributed by atoms with E-state index in [1.54, 1.807) is 29.2 Å². The fourth-order valence-corrected chi connectivity index (χ4v) is 4.24. The lowest BCUT2D eigenvalue weighted by molar-refractivity contribution is -0.136. The van der Waals surface area contributed by atoms with Gasteiger partial charge < -0.3 is 24.4 Å². The highest BCUT2D eigenvalue weighted by Gasteiger charge is 2.22. The molecule has 2 amide bonds. The number of ether oxygens (including phenoxy) is 3. The normalized spacial score (nSPS) is 13.5. The first-order valence-electron chi connectivity index (χ1n) is 11.1. The highest BCUT2D eigenvalue weighted by molar-refractivity contribution is 6.32. The van der Waals surface area contributed by atoms with E-state index < -0.39 is 30.2 Å². The van der Waals surface area contributed by atoms with E-state index in [0.29, 0.717) is 37.8 Å². The molecular weight excluding hydrogens is 492 g/mol. The number of carbonyl (C=O) groups excluding carboxylic acids is 2. The van der Waals surface area contributed by atoms with Crippen LogP contribution < -0.4 is 26.0 Å². The Hall–Kier alpha value is -3.83. The molecule has 0 unspecified atom stereocenters. The molecule has 1 aliphatic rings. The summed E-state index contributed by atoms with van der Waals surface area (Å²) >= 11 is 6.19. The Kier molecular flexibility index (Phi) is 7.61. The lowest BCUT2D eigenvalue weighted by Gasteiger charge is -2.27. The van der Waals surface area contributed by atoms with E-state index in [9.17, 15) is 19.2 Å². The van der Waals surface area contributed by atoms with Crippen LogP contribution in [0.15, 0.2) is 46.0 Å². The second kappa shape index (κ2) is 10.8. The number of para-hydroxylation sites is 1. The van der Waals surface area contributed by atoms with Crippen molar-refractivity contribution in [1.82, 2.24) is 14.0 Å².